The molecule has 0 spiro atoms. The van der Waals surface area contributed by atoms with Crippen LogP contribution in [0.1, 0.15) is 57.9 Å². The third kappa shape index (κ3) is 4.67. The molecule has 0 bridgehead atoms. The molecule has 1 N–H and O–H groups in total. The number of morpholine rings is 1. The number of nitrogens with zero attached hydrogens (tertiary/aromatic N) is 5. The fourth-order valence-corrected chi connectivity index (χ4v) is 4.89. The molecule has 1 aliphatic carbocycles. The molecular weight excluding hydrogens is 419 g/mol. The largest absolute Gasteiger partial charge is 0.378 e. The summed E-state index contributed by atoms with van der Waals surface area (Å²) in [5.41, 5.74) is 2.97. The Hall–Kier alpha value is -2.74. The fraction of sp³-hybridized carbons (Fsp3) is 0.560. The van der Waals surface area contributed by atoms with Crippen molar-refractivity contribution in [2.75, 3.05) is 43.1 Å². The van der Waals surface area contributed by atoms with Gasteiger partial charge in [0.1, 0.15) is 11.5 Å². The first-order valence-corrected chi connectivity index (χ1v) is 12.4. The zero-order valence-corrected chi connectivity index (χ0v) is 19.4. The number of ether oxygens (including phenoxy) is 1. The Labute approximate surface area is 194 Å². The Morgan fingerprint density at radius 3 is 2.73 bits per heavy atom. The van der Waals surface area contributed by atoms with E-state index in [-0.39, 0.29) is 5.82 Å². The third-order valence-electron chi connectivity index (χ3n) is 6.76. The molecule has 1 aromatic carbocycles. The van der Waals surface area contributed by atoms with Crippen LogP contribution in [0.5, 0.6) is 0 Å². The molecule has 0 unspecified atom stereocenters. The lowest BCUT2D eigenvalue weighted by molar-refractivity contribution is 0.122. The molecule has 1 aliphatic heterocycles. The van der Waals surface area contributed by atoms with E-state index in [1.54, 1.807) is 6.07 Å². The summed E-state index contributed by atoms with van der Waals surface area (Å²) in [6.45, 7) is 5.68. The van der Waals surface area contributed by atoms with E-state index in [9.17, 15) is 0 Å². The predicted octanol–water partition coefficient (Wildman–Crippen LogP) is 5.19. The van der Waals surface area contributed by atoms with Crippen molar-refractivity contribution in [1.29, 1.82) is 0 Å². The van der Waals surface area contributed by atoms with Gasteiger partial charge < -0.3 is 15.0 Å². The molecule has 8 heteroatoms. The van der Waals surface area contributed by atoms with Crippen molar-refractivity contribution in [3.05, 3.63) is 30.2 Å². The Kier molecular flexibility index (Phi) is 6.71. The topological polar surface area (TPSA) is 68.1 Å². The first kappa shape index (κ1) is 22.1. The molecule has 5 rings (SSSR count). The Morgan fingerprint density at radius 2 is 1.97 bits per heavy atom. The Bertz CT molecular complexity index is 1090. The van der Waals surface area contributed by atoms with Gasteiger partial charge in [-0.15, -0.1) is 0 Å². The first-order valence-electron chi connectivity index (χ1n) is 12.4. The summed E-state index contributed by atoms with van der Waals surface area (Å²) in [6.07, 6.45) is 9.91. The third-order valence-corrected chi connectivity index (χ3v) is 6.76. The molecule has 176 valence electrons. The average molecular weight is 453 g/mol. The maximum absolute atomic E-state index is 15.2. The molecule has 7 nitrogen and oxygen atoms in total. The number of hydrogen-bond acceptors (Lipinski definition) is 6. The number of anilines is 2. The smallest absolute Gasteiger partial charge is 0.224 e. The summed E-state index contributed by atoms with van der Waals surface area (Å²) in [5.74, 6) is 0.404. The normalized spacial score (nSPS) is 17.6. The van der Waals surface area contributed by atoms with Gasteiger partial charge in [-0.2, -0.15) is 10.1 Å². The van der Waals surface area contributed by atoms with Crippen LogP contribution in [0.4, 0.5) is 16.0 Å². The van der Waals surface area contributed by atoms with Gasteiger partial charge in [0.05, 0.1) is 30.3 Å². The van der Waals surface area contributed by atoms with Crippen molar-refractivity contribution in [3.8, 4) is 11.3 Å². The highest BCUT2D eigenvalue weighted by Gasteiger charge is 2.24. The van der Waals surface area contributed by atoms with E-state index in [4.69, 9.17) is 14.8 Å². The number of benzene rings is 1. The van der Waals surface area contributed by atoms with Crippen LogP contribution in [0.15, 0.2) is 24.4 Å². The molecule has 0 atom stereocenters. The van der Waals surface area contributed by atoms with Gasteiger partial charge in [-0.05, 0) is 31.4 Å². The minimum Gasteiger partial charge on any atom is -0.378 e. The molecule has 1 saturated carbocycles. The lowest BCUT2D eigenvalue weighted by Gasteiger charge is -2.29. The lowest BCUT2D eigenvalue weighted by atomic mass is 9.96. The van der Waals surface area contributed by atoms with Gasteiger partial charge in [-0.1, -0.05) is 38.7 Å². The zero-order valence-electron chi connectivity index (χ0n) is 19.4. The summed E-state index contributed by atoms with van der Waals surface area (Å²) in [7, 11) is 0. The van der Waals surface area contributed by atoms with Gasteiger partial charge >= 0.3 is 0 Å². The lowest BCUT2D eigenvalue weighted by Crippen LogP contribution is -2.36. The van der Waals surface area contributed by atoms with Crippen molar-refractivity contribution in [2.24, 2.45) is 0 Å². The number of unbranched alkanes of at least 4 members (excludes halogenated alkanes) is 1. The van der Waals surface area contributed by atoms with Crippen LogP contribution in [0.25, 0.3) is 22.3 Å². The maximum atomic E-state index is 15.2. The van der Waals surface area contributed by atoms with Gasteiger partial charge in [0, 0.05) is 31.4 Å². The molecule has 3 heterocycles. The number of rotatable bonds is 7. The number of aromatic nitrogens is 4. The second-order valence-corrected chi connectivity index (χ2v) is 9.06. The highest BCUT2D eigenvalue weighted by Crippen LogP contribution is 2.35. The zero-order chi connectivity index (χ0) is 22.6. The van der Waals surface area contributed by atoms with Crippen molar-refractivity contribution in [1.82, 2.24) is 19.7 Å². The minimum atomic E-state index is -0.228. The van der Waals surface area contributed by atoms with E-state index in [0.29, 0.717) is 44.0 Å². The number of nitrogens with one attached hydrogen (secondary N) is 1. The van der Waals surface area contributed by atoms with Gasteiger partial charge in [0.25, 0.3) is 0 Å². The molecule has 1 saturated heterocycles. The second kappa shape index (κ2) is 10.0. The van der Waals surface area contributed by atoms with Crippen molar-refractivity contribution in [2.45, 2.75) is 57.9 Å². The molecule has 0 amide bonds. The van der Waals surface area contributed by atoms with Crippen LogP contribution in [0.3, 0.4) is 0 Å². The van der Waals surface area contributed by atoms with Crippen molar-refractivity contribution in [3.63, 3.8) is 0 Å². The monoisotopic (exact) mass is 452 g/mol. The number of halogens is 1. The van der Waals surface area contributed by atoms with Gasteiger partial charge in [0.15, 0.2) is 5.65 Å². The molecule has 2 aromatic heterocycles. The summed E-state index contributed by atoms with van der Waals surface area (Å²) < 4.78 is 22.6. The fourth-order valence-electron chi connectivity index (χ4n) is 4.89. The second-order valence-electron chi connectivity index (χ2n) is 9.06. The summed E-state index contributed by atoms with van der Waals surface area (Å²) in [5, 5.41) is 9.20. The standard InChI is InChI=1S/C25H33FN6O/c1-2-3-11-27-25-28-17-20-23(30-32(24(20)29-25)19-7-5-4-6-8-19)18-9-10-22(21(26)16-18)31-12-14-33-15-13-31/h9-10,16-17,19H,2-8,11-15H2,1H3,(H,27,28,29). The molecule has 2 aliphatic rings. The summed E-state index contributed by atoms with van der Waals surface area (Å²) in [4.78, 5) is 11.4. The van der Waals surface area contributed by atoms with E-state index in [0.717, 1.165) is 54.5 Å². The van der Waals surface area contributed by atoms with Crippen molar-refractivity contribution < 1.29 is 9.13 Å². The molecule has 0 radical (unpaired) electrons. The number of hydrogen-bond donors (Lipinski definition) is 1. The molecule has 2 fully saturated rings. The van der Waals surface area contributed by atoms with E-state index >= 15 is 4.39 Å². The highest BCUT2D eigenvalue weighted by atomic mass is 19.1. The Morgan fingerprint density at radius 1 is 1.15 bits per heavy atom. The van der Waals surface area contributed by atoms with Crippen LogP contribution >= 0.6 is 0 Å². The highest BCUT2D eigenvalue weighted by molar-refractivity contribution is 5.91. The predicted molar refractivity (Wildman–Crippen MR) is 129 cm³/mol. The molecular formula is C25H33FN6O. The SMILES string of the molecule is CCCCNc1ncc2c(-c3ccc(N4CCOCC4)c(F)c3)nn(C3CCCCC3)c2n1. The van der Waals surface area contributed by atoms with Crippen LogP contribution in [0, 0.1) is 5.82 Å². The van der Waals surface area contributed by atoms with Crippen LogP contribution < -0.4 is 10.2 Å². The average Bonchev–Trinajstić information content (AvgIpc) is 3.24. The van der Waals surface area contributed by atoms with Crippen LogP contribution in [0.2, 0.25) is 0 Å². The first-order chi connectivity index (χ1) is 16.2. The Balaban J connectivity index is 1.52. The van der Waals surface area contributed by atoms with Crippen LogP contribution in [-0.4, -0.2) is 52.6 Å². The summed E-state index contributed by atoms with van der Waals surface area (Å²) in [6, 6.07) is 5.76. The quantitative estimate of drug-likeness (QED) is 0.498. The van der Waals surface area contributed by atoms with E-state index in [1.807, 2.05) is 23.2 Å². The number of fused-ring (bicyclic) bond motifs is 1. The molecule has 33 heavy (non-hydrogen) atoms. The van der Waals surface area contributed by atoms with Crippen LogP contribution in [-0.2, 0) is 4.74 Å². The molecule has 3 aromatic rings. The van der Waals surface area contributed by atoms with E-state index < -0.39 is 0 Å². The van der Waals surface area contributed by atoms with E-state index in [1.165, 1.54) is 19.3 Å². The minimum absolute atomic E-state index is 0.228. The van der Waals surface area contributed by atoms with Gasteiger partial charge in [0.2, 0.25) is 5.95 Å². The van der Waals surface area contributed by atoms with Gasteiger partial charge in [-0.25, -0.2) is 14.1 Å². The van der Waals surface area contributed by atoms with E-state index in [2.05, 4.69) is 21.9 Å². The summed E-state index contributed by atoms with van der Waals surface area (Å²) >= 11 is 0. The maximum Gasteiger partial charge on any atom is 0.224 e. The van der Waals surface area contributed by atoms with Crippen molar-refractivity contribution >= 4 is 22.7 Å². The van der Waals surface area contributed by atoms with Gasteiger partial charge in [-0.3, -0.25) is 0 Å².